The highest BCUT2D eigenvalue weighted by Gasteiger charge is 2.44. The van der Waals surface area contributed by atoms with Crippen LogP contribution in [0.1, 0.15) is 22.9 Å². The number of benzene rings is 5. The third kappa shape index (κ3) is 4.93. The zero-order valence-corrected chi connectivity index (χ0v) is 23.8. The SMILES string of the molecule is ClOc1ccccc1C1=C(c2ccccc2OCl)N(c2ccccc2)C(c2ccccc2OCl)N1c1ccccc1. The van der Waals surface area contributed by atoms with Crippen LogP contribution in [-0.2, 0) is 0 Å². The van der Waals surface area contributed by atoms with Gasteiger partial charge in [-0.05, 0) is 54.6 Å². The van der Waals surface area contributed by atoms with Crippen molar-refractivity contribution in [1.82, 2.24) is 0 Å². The maximum absolute atomic E-state index is 6.07. The van der Waals surface area contributed by atoms with Gasteiger partial charge in [0.05, 0.1) is 11.4 Å². The number of para-hydroxylation sites is 5. The maximum atomic E-state index is 6.07. The van der Waals surface area contributed by atoms with Gasteiger partial charge in [0.2, 0.25) is 0 Å². The smallest absolute Gasteiger partial charge is 0.155 e. The molecule has 0 bridgehead atoms. The Balaban J connectivity index is 1.79. The summed E-state index contributed by atoms with van der Waals surface area (Å²) in [5, 5.41) is 0. The predicted molar refractivity (Wildman–Crippen MR) is 166 cm³/mol. The predicted octanol–water partition coefficient (Wildman–Crippen LogP) is 9.84. The Hall–Kier alpha value is -4.29. The standard InChI is InChI=1S/C33H23Cl3N2O3/c34-39-28-20-10-7-17-25(28)31-32(26-18-8-11-21-29(26)40-35)38(24-15-5-2-6-16-24)33(27-19-9-12-22-30(27)41-36)37(31)23-13-3-1-4-14-23/h1-22,33H. The Morgan fingerprint density at radius 3 is 1.22 bits per heavy atom. The Morgan fingerprint density at radius 2 is 0.780 bits per heavy atom. The monoisotopic (exact) mass is 600 g/mol. The molecule has 0 amide bonds. The fourth-order valence-corrected chi connectivity index (χ4v) is 5.73. The highest BCUT2D eigenvalue weighted by Crippen LogP contribution is 2.55. The Morgan fingerprint density at radius 1 is 0.415 bits per heavy atom. The molecule has 0 aromatic heterocycles. The summed E-state index contributed by atoms with van der Waals surface area (Å²) in [5.41, 5.74) is 5.81. The van der Waals surface area contributed by atoms with Gasteiger partial charge in [-0.2, -0.15) is 0 Å². The van der Waals surface area contributed by atoms with Gasteiger partial charge in [0.15, 0.2) is 17.2 Å². The van der Waals surface area contributed by atoms with E-state index in [-0.39, 0.29) is 0 Å². The van der Waals surface area contributed by atoms with Gasteiger partial charge in [-0.25, -0.2) is 0 Å². The molecule has 1 aliphatic rings. The Bertz CT molecular complexity index is 1580. The van der Waals surface area contributed by atoms with Crippen molar-refractivity contribution in [2.75, 3.05) is 9.80 Å². The largest absolute Gasteiger partial charge is 0.385 e. The number of hydrogen-bond acceptors (Lipinski definition) is 5. The van der Waals surface area contributed by atoms with Gasteiger partial charge >= 0.3 is 0 Å². The molecule has 6 rings (SSSR count). The van der Waals surface area contributed by atoms with Gasteiger partial charge in [0.25, 0.3) is 0 Å². The van der Waals surface area contributed by atoms with E-state index in [1.54, 1.807) is 0 Å². The first-order chi connectivity index (χ1) is 20.3. The molecule has 5 aromatic rings. The molecule has 1 aliphatic heterocycles. The average Bonchev–Trinajstić information content (AvgIpc) is 3.41. The van der Waals surface area contributed by atoms with Crippen LogP contribution in [0.4, 0.5) is 11.4 Å². The molecule has 0 radical (unpaired) electrons. The van der Waals surface area contributed by atoms with E-state index in [2.05, 4.69) is 34.1 Å². The molecule has 8 heteroatoms. The van der Waals surface area contributed by atoms with Gasteiger partial charge < -0.3 is 22.7 Å². The van der Waals surface area contributed by atoms with Gasteiger partial charge in [-0.15, -0.1) is 0 Å². The summed E-state index contributed by atoms with van der Waals surface area (Å²) in [5.74, 6) is 1.50. The van der Waals surface area contributed by atoms with E-state index < -0.39 is 6.17 Å². The number of halogens is 3. The third-order valence-electron chi connectivity index (χ3n) is 6.99. The summed E-state index contributed by atoms with van der Waals surface area (Å²) in [6.45, 7) is 0. The summed E-state index contributed by atoms with van der Waals surface area (Å²) in [7, 11) is 0. The summed E-state index contributed by atoms with van der Waals surface area (Å²) < 4.78 is 16.2. The summed E-state index contributed by atoms with van der Waals surface area (Å²) in [6, 6.07) is 43.1. The van der Waals surface area contributed by atoms with Crippen LogP contribution >= 0.6 is 35.6 Å². The molecule has 0 fully saturated rings. The first-order valence-electron chi connectivity index (χ1n) is 12.8. The second-order valence-electron chi connectivity index (χ2n) is 9.24. The zero-order chi connectivity index (χ0) is 28.2. The minimum absolute atomic E-state index is 0.466. The van der Waals surface area contributed by atoms with Crippen molar-refractivity contribution in [3.05, 3.63) is 150 Å². The van der Waals surface area contributed by atoms with E-state index in [4.69, 9.17) is 48.5 Å². The molecule has 0 spiro atoms. The lowest BCUT2D eigenvalue weighted by molar-refractivity contribution is 0.590. The van der Waals surface area contributed by atoms with E-state index in [9.17, 15) is 0 Å². The highest BCUT2D eigenvalue weighted by molar-refractivity contribution is 6.13. The van der Waals surface area contributed by atoms with E-state index in [0.717, 1.165) is 39.5 Å². The van der Waals surface area contributed by atoms with Crippen molar-refractivity contribution in [1.29, 1.82) is 0 Å². The van der Waals surface area contributed by atoms with Gasteiger partial charge in [-0.1, -0.05) is 78.9 Å². The van der Waals surface area contributed by atoms with Gasteiger partial charge in [0.1, 0.15) is 41.8 Å². The van der Waals surface area contributed by atoms with Crippen LogP contribution in [0.5, 0.6) is 17.2 Å². The molecule has 0 unspecified atom stereocenters. The van der Waals surface area contributed by atoms with Crippen molar-refractivity contribution >= 4 is 58.4 Å². The fourth-order valence-electron chi connectivity index (χ4n) is 5.32. The quantitative estimate of drug-likeness (QED) is 0.177. The first-order valence-corrected chi connectivity index (χ1v) is 13.8. The fraction of sp³-hybridized carbons (Fsp3) is 0.0303. The summed E-state index contributed by atoms with van der Waals surface area (Å²) in [4.78, 5) is 4.44. The zero-order valence-electron chi connectivity index (χ0n) is 21.5. The Kier molecular flexibility index (Phi) is 7.92. The lowest BCUT2D eigenvalue weighted by Crippen LogP contribution is -2.33. The second-order valence-corrected chi connectivity index (χ2v) is 9.71. The second kappa shape index (κ2) is 12.1. The summed E-state index contributed by atoms with van der Waals surface area (Å²) >= 11 is 18.2. The minimum Gasteiger partial charge on any atom is -0.385 e. The van der Waals surface area contributed by atoms with Crippen molar-refractivity contribution in [2.45, 2.75) is 6.17 Å². The van der Waals surface area contributed by atoms with Crippen LogP contribution < -0.4 is 22.7 Å². The average molecular weight is 602 g/mol. The van der Waals surface area contributed by atoms with Gasteiger partial charge in [0, 0.05) is 28.1 Å². The molecule has 5 aromatic carbocycles. The number of hydrogen-bond donors (Lipinski definition) is 0. The van der Waals surface area contributed by atoms with E-state index in [1.165, 1.54) is 0 Å². The van der Waals surface area contributed by atoms with E-state index in [1.807, 2.05) is 109 Å². The number of nitrogens with zero attached hydrogens (tertiary/aromatic N) is 2. The third-order valence-corrected chi connectivity index (χ3v) is 7.49. The molecule has 204 valence electrons. The Labute approximate surface area is 253 Å². The van der Waals surface area contributed by atoms with Crippen LogP contribution in [0.2, 0.25) is 0 Å². The topological polar surface area (TPSA) is 34.2 Å². The first kappa shape index (κ1) is 26.9. The van der Waals surface area contributed by atoms with Crippen molar-refractivity contribution in [2.24, 2.45) is 0 Å². The van der Waals surface area contributed by atoms with Crippen molar-refractivity contribution in [3.8, 4) is 17.2 Å². The van der Waals surface area contributed by atoms with Crippen LogP contribution in [0.15, 0.2) is 133 Å². The van der Waals surface area contributed by atoms with Gasteiger partial charge in [-0.3, -0.25) is 0 Å². The molecule has 0 atom stereocenters. The van der Waals surface area contributed by atoms with E-state index >= 15 is 0 Å². The van der Waals surface area contributed by atoms with Crippen LogP contribution in [0, 0.1) is 0 Å². The van der Waals surface area contributed by atoms with Crippen LogP contribution in [-0.4, -0.2) is 0 Å². The molecular weight excluding hydrogens is 579 g/mol. The molecule has 0 saturated carbocycles. The lowest BCUT2D eigenvalue weighted by atomic mass is 10.0. The van der Waals surface area contributed by atoms with Crippen molar-refractivity contribution < 1.29 is 12.9 Å². The molecule has 0 saturated heterocycles. The normalized spacial score (nSPS) is 13.4. The van der Waals surface area contributed by atoms with Crippen LogP contribution in [0.25, 0.3) is 11.4 Å². The molecular formula is C33H23Cl3N2O3. The lowest BCUT2D eigenvalue weighted by Gasteiger charge is -2.36. The number of rotatable bonds is 8. The summed E-state index contributed by atoms with van der Waals surface area (Å²) in [6.07, 6.45) is -0.466. The molecule has 5 nitrogen and oxygen atoms in total. The molecule has 41 heavy (non-hydrogen) atoms. The van der Waals surface area contributed by atoms with E-state index in [0.29, 0.717) is 17.2 Å². The van der Waals surface area contributed by atoms with Crippen LogP contribution in [0.3, 0.4) is 0 Å². The molecule has 0 aliphatic carbocycles. The highest BCUT2D eigenvalue weighted by atomic mass is 35.5. The minimum atomic E-state index is -0.466. The van der Waals surface area contributed by atoms with Crippen molar-refractivity contribution in [3.63, 3.8) is 0 Å². The number of anilines is 2. The maximum Gasteiger partial charge on any atom is 0.155 e. The molecule has 1 heterocycles. The molecule has 0 N–H and O–H groups in total.